The highest BCUT2D eigenvalue weighted by atomic mass is 19.4. The van der Waals surface area contributed by atoms with E-state index >= 15 is 0 Å². The molecule has 2 heterocycles. The molecule has 0 radical (unpaired) electrons. The van der Waals surface area contributed by atoms with Gasteiger partial charge in [-0.1, -0.05) is 0 Å². The van der Waals surface area contributed by atoms with E-state index in [1.165, 1.54) is 6.92 Å². The third kappa shape index (κ3) is 3.74. The molecule has 0 atom stereocenters. The smallest absolute Gasteiger partial charge is 0.416 e. The number of hydrogen-bond donors (Lipinski definition) is 2. The minimum Gasteiger partial charge on any atom is -0.507 e. The predicted octanol–water partition coefficient (Wildman–Crippen LogP) is 3.51. The molecule has 0 spiro atoms. The maximum atomic E-state index is 12.8. The van der Waals surface area contributed by atoms with E-state index in [0.29, 0.717) is 29.4 Å². The van der Waals surface area contributed by atoms with Crippen molar-refractivity contribution >= 4 is 0 Å². The molecule has 5 nitrogen and oxygen atoms in total. The fourth-order valence-electron chi connectivity index (χ4n) is 2.59. The molecule has 2 N–H and O–H groups in total. The molecule has 3 rings (SSSR count). The Hall–Kier alpha value is -3.16. The standard InChI is InChI=1S/C18H15F3N4O/c1-11-8-12(18(19,20)21)9-16(26)17(11)15-3-2-14(23-24-15)10-25-6-4-13(22)5-7-25/h2-9,22,26H,10H2,1H3. The molecule has 0 aliphatic rings. The zero-order chi connectivity index (χ0) is 18.9. The average molecular weight is 360 g/mol. The Morgan fingerprint density at radius 3 is 2.31 bits per heavy atom. The fraction of sp³-hybridized carbons (Fsp3) is 0.167. The number of aromatic nitrogens is 3. The number of pyridine rings is 1. The van der Waals surface area contributed by atoms with Crippen LogP contribution in [-0.2, 0) is 12.7 Å². The second kappa shape index (κ2) is 6.62. The molecule has 8 heteroatoms. The molecule has 1 aromatic carbocycles. The van der Waals surface area contributed by atoms with Crippen molar-refractivity contribution in [3.63, 3.8) is 0 Å². The van der Waals surface area contributed by atoms with Gasteiger partial charge < -0.3 is 15.1 Å². The second-order valence-electron chi connectivity index (χ2n) is 5.85. The predicted molar refractivity (Wildman–Crippen MR) is 88.3 cm³/mol. The highest BCUT2D eigenvalue weighted by Gasteiger charge is 2.32. The zero-order valence-corrected chi connectivity index (χ0v) is 13.7. The molecule has 26 heavy (non-hydrogen) atoms. The normalized spacial score (nSPS) is 11.5. The molecule has 0 fully saturated rings. The van der Waals surface area contributed by atoms with E-state index in [4.69, 9.17) is 5.41 Å². The van der Waals surface area contributed by atoms with E-state index in [2.05, 4.69) is 10.2 Å². The maximum Gasteiger partial charge on any atom is 0.416 e. The first kappa shape index (κ1) is 17.7. The van der Waals surface area contributed by atoms with E-state index < -0.39 is 17.5 Å². The lowest BCUT2D eigenvalue weighted by molar-refractivity contribution is -0.137. The fourth-order valence-corrected chi connectivity index (χ4v) is 2.59. The number of phenols is 1. The van der Waals surface area contributed by atoms with Gasteiger partial charge in [-0.25, -0.2) is 0 Å². The number of benzene rings is 1. The Labute approximate surface area is 146 Å². The summed E-state index contributed by atoms with van der Waals surface area (Å²) in [5, 5.41) is 26.0. The maximum absolute atomic E-state index is 12.8. The van der Waals surface area contributed by atoms with Crippen LogP contribution in [-0.4, -0.2) is 19.9 Å². The van der Waals surface area contributed by atoms with E-state index in [9.17, 15) is 18.3 Å². The van der Waals surface area contributed by atoms with Gasteiger partial charge in [-0.05, 0) is 48.9 Å². The lowest BCUT2D eigenvalue weighted by Crippen LogP contribution is -2.07. The number of aryl methyl sites for hydroxylation is 1. The number of phenolic OH excluding ortho intramolecular Hbond substituents is 1. The molecule has 134 valence electrons. The molecular formula is C18H15F3N4O. The molecule has 0 amide bonds. The SMILES string of the molecule is Cc1cc(C(F)(F)F)cc(O)c1-c1ccc(Cn2ccc(=N)cc2)nn1. The van der Waals surface area contributed by atoms with E-state index in [1.807, 2.05) is 4.57 Å². The molecule has 0 aliphatic carbocycles. The molecular weight excluding hydrogens is 345 g/mol. The minimum absolute atomic E-state index is 0.225. The highest BCUT2D eigenvalue weighted by Crippen LogP contribution is 2.38. The monoisotopic (exact) mass is 360 g/mol. The van der Waals surface area contributed by atoms with Gasteiger partial charge in [0.1, 0.15) is 5.75 Å². The molecule has 0 bridgehead atoms. The third-order valence-corrected chi connectivity index (χ3v) is 3.85. The van der Waals surface area contributed by atoms with Crippen molar-refractivity contribution in [2.75, 3.05) is 0 Å². The summed E-state index contributed by atoms with van der Waals surface area (Å²) in [6.07, 6.45) is -1.05. The van der Waals surface area contributed by atoms with Crippen LogP contribution in [0.4, 0.5) is 13.2 Å². The minimum atomic E-state index is -4.53. The molecule has 3 aromatic rings. The van der Waals surface area contributed by atoms with Gasteiger partial charge in [-0.2, -0.15) is 23.4 Å². The average Bonchev–Trinajstić information content (AvgIpc) is 2.57. The van der Waals surface area contributed by atoms with Gasteiger partial charge >= 0.3 is 6.18 Å². The Morgan fingerprint density at radius 1 is 1.08 bits per heavy atom. The van der Waals surface area contributed by atoms with Crippen LogP contribution in [0.5, 0.6) is 5.75 Å². The highest BCUT2D eigenvalue weighted by molar-refractivity contribution is 5.71. The van der Waals surface area contributed by atoms with Gasteiger partial charge in [0, 0.05) is 18.0 Å². The van der Waals surface area contributed by atoms with Crippen molar-refractivity contribution in [3.05, 3.63) is 71.0 Å². The number of aromatic hydroxyl groups is 1. The Balaban J connectivity index is 1.89. The lowest BCUT2D eigenvalue weighted by atomic mass is 10.0. The first-order valence-corrected chi connectivity index (χ1v) is 7.68. The first-order valence-electron chi connectivity index (χ1n) is 7.68. The van der Waals surface area contributed by atoms with Crippen LogP contribution in [0.3, 0.4) is 0 Å². The van der Waals surface area contributed by atoms with E-state index in [0.717, 1.165) is 6.07 Å². The molecule has 0 aliphatic heterocycles. The summed E-state index contributed by atoms with van der Waals surface area (Å²) in [4.78, 5) is 0. The van der Waals surface area contributed by atoms with Crippen LogP contribution in [0.2, 0.25) is 0 Å². The summed E-state index contributed by atoms with van der Waals surface area (Å²) < 4.78 is 40.3. The Kier molecular flexibility index (Phi) is 4.50. The Morgan fingerprint density at radius 2 is 1.77 bits per heavy atom. The van der Waals surface area contributed by atoms with Gasteiger partial charge in [0.2, 0.25) is 0 Å². The molecule has 0 unspecified atom stereocenters. The van der Waals surface area contributed by atoms with E-state index in [1.54, 1.807) is 36.7 Å². The van der Waals surface area contributed by atoms with Crippen LogP contribution in [0.15, 0.2) is 48.8 Å². The van der Waals surface area contributed by atoms with Gasteiger partial charge in [-0.15, -0.1) is 0 Å². The molecule has 0 saturated heterocycles. The summed E-state index contributed by atoms with van der Waals surface area (Å²) in [6, 6.07) is 8.26. The largest absolute Gasteiger partial charge is 0.507 e. The summed E-state index contributed by atoms with van der Waals surface area (Å²) in [7, 11) is 0. The Bertz CT molecular complexity index is 951. The third-order valence-electron chi connectivity index (χ3n) is 3.85. The van der Waals surface area contributed by atoms with Crippen LogP contribution in [0.25, 0.3) is 11.3 Å². The summed E-state index contributed by atoms with van der Waals surface area (Å²) in [6.45, 7) is 1.92. The summed E-state index contributed by atoms with van der Waals surface area (Å²) in [5.74, 6) is -0.486. The quantitative estimate of drug-likeness (QED) is 0.751. The second-order valence-corrected chi connectivity index (χ2v) is 5.85. The van der Waals surface area contributed by atoms with Gasteiger partial charge in [0.25, 0.3) is 0 Å². The van der Waals surface area contributed by atoms with Crippen LogP contribution >= 0.6 is 0 Å². The van der Waals surface area contributed by atoms with Gasteiger partial charge in [0.05, 0.1) is 28.9 Å². The summed E-state index contributed by atoms with van der Waals surface area (Å²) >= 11 is 0. The number of rotatable bonds is 3. The van der Waals surface area contributed by atoms with Crippen molar-refractivity contribution < 1.29 is 18.3 Å². The van der Waals surface area contributed by atoms with Crippen LogP contribution in [0, 0.1) is 12.3 Å². The molecule has 2 aromatic heterocycles. The number of hydrogen-bond acceptors (Lipinski definition) is 4. The van der Waals surface area contributed by atoms with Crippen molar-refractivity contribution in [1.82, 2.24) is 14.8 Å². The van der Waals surface area contributed by atoms with Crippen molar-refractivity contribution in [2.45, 2.75) is 19.6 Å². The topological polar surface area (TPSA) is 74.8 Å². The van der Waals surface area contributed by atoms with Crippen molar-refractivity contribution in [1.29, 1.82) is 5.41 Å². The van der Waals surface area contributed by atoms with Crippen molar-refractivity contribution in [3.8, 4) is 17.0 Å². The van der Waals surface area contributed by atoms with Crippen LogP contribution < -0.4 is 5.36 Å². The van der Waals surface area contributed by atoms with Gasteiger partial charge in [0.15, 0.2) is 0 Å². The number of nitrogens with one attached hydrogen (secondary N) is 1. The summed E-state index contributed by atoms with van der Waals surface area (Å²) in [5.41, 5.74) is 0.516. The first-order chi connectivity index (χ1) is 12.2. The number of nitrogens with zero attached hydrogens (tertiary/aromatic N) is 3. The molecule has 0 saturated carbocycles. The van der Waals surface area contributed by atoms with Gasteiger partial charge in [-0.3, -0.25) is 0 Å². The van der Waals surface area contributed by atoms with E-state index in [-0.39, 0.29) is 11.1 Å². The number of halogens is 3. The van der Waals surface area contributed by atoms with Crippen LogP contribution in [0.1, 0.15) is 16.8 Å². The number of alkyl halides is 3. The zero-order valence-electron chi connectivity index (χ0n) is 13.7. The lowest BCUT2D eigenvalue weighted by Gasteiger charge is -2.13. The van der Waals surface area contributed by atoms with Crippen molar-refractivity contribution in [2.24, 2.45) is 0 Å².